The molecule has 3 rings (SSSR count). The monoisotopic (exact) mass is 383 g/mol. The van der Waals surface area contributed by atoms with E-state index in [0.29, 0.717) is 31.0 Å². The number of hydrogen-bond acceptors (Lipinski definition) is 2. The topological polar surface area (TPSA) is 51.5 Å². The Morgan fingerprint density at radius 2 is 1.70 bits per heavy atom. The Bertz CT molecular complexity index is 843. The van der Waals surface area contributed by atoms with Crippen molar-refractivity contribution in [2.24, 2.45) is 0 Å². The summed E-state index contributed by atoms with van der Waals surface area (Å²) in [4.78, 5) is 27.1. The van der Waals surface area contributed by atoms with Crippen LogP contribution < -0.4 is 5.32 Å². The molecule has 1 aliphatic heterocycles. The summed E-state index contributed by atoms with van der Waals surface area (Å²) < 4.78 is 0. The van der Waals surface area contributed by atoms with Crippen LogP contribution in [0.4, 0.5) is 0 Å². The van der Waals surface area contributed by atoms with Gasteiger partial charge in [0.05, 0.1) is 13.0 Å². The van der Waals surface area contributed by atoms with E-state index in [9.17, 15) is 9.59 Å². The van der Waals surface area contributed by atoms with Crippen molar-refractivity contribution in [1.29, 1.82) is 0 Å². The van der Waals surface area contributed by atoms with Gasteiger partial charge in [0.15, 0.2) is 0 Å². The molecule has 1 fully saturated rings. The number of carbonyl (C=O) groups excluding carboxylic acids is 2. The van der Waals surface area contributed by atoms with Gasteiger partial charge < -0.3 is 4.90 Å². The zero-order valence-electron chi connectivity index (χ0n) is 16.0. The van der Waals surface area contributed by atoms with Crippen LogP contribution in [0.3, 0.4) is 0 Å². The summed E-state index contributed by atoms with van der Waals surface area (Å²) in [7, 11) is 0. The quantitative estimate of drug-likeness (QED) is 0.788. The summed E-state index contributed by atoms with van der Waals surface area (Å²) in [5, 5.41) is 4.86. The van der Waals surface area contributed by atoms with Crippen molar-refractivity contribution in [2.45, 2.75) is 45.7 Å². The molecular weight excluding hydrogens is 360 g/mol. The molecule has 1 saturated heterocycles. The Morgan fingerprint density at radius 1 is 1.07 bits per heavy atom. The Balaban J connectivity index is 1.62. The lowest BCUT2D eigenvalue weighted by atomic mass is 9.84. The fourth-order valence-corrected chi connectivity index (χ4v) is 3.67. The number of halogens is 1. The summed E-state index contributed by atoms with van der Waals surface area (Å²) >= 11 is 5.88. The highest BCUT2D eigenvalue weighted by atomic mass is 35.5. The molecule has 0 aliphatic carbocycles. The van der Waals surface area contributed by atoms with Gasteiger partial charge in [0.2, 0.25) is 5.91 Å². The molecule has 1 aliphatic rings. The molecule has 0 N–H and O–H groups in total. The number of likely N-dealkylation sites (tertiary alicyclic amines) is 1. The van der Waals surface area contributed by atoms with E-state index < -0.39 is 5.54 Å². The second kappa shape index (κ2) is 7.73. The number of rotatable bonds is 5. The molecular formula is C22H24ClN2O2. The number of amides is 2. The van der Waals surface area contributed by atoms with E-state index in [0.717, 1.165) is 22.3 Å². The molecule has 4 nitrogen and oxygen atoms in total. The summed E-state index contributed by atoms with van der Waals surface area (Å²) in [5.41, 5.74) is 3.35. The lowest BCUT2D eigenvalue weighted by Crippen LogP contribution is -2.66. The molecule has 2 amide bonds. The van der Waals surface area contributed by atoms with Crippen LogP contribution in [0.15, 0.2) is 42.5 Å². The first-order valence-corrected chi connectivity index (χ1v) is 9.50. The van der Waals surface area contributed by atoms with Crippen LogP contribution in [0.25, 0.3) is 0 Å². The maximum atomic E-state index is 12.8. The number of benzene rings is 2. The molecule has 1 unspecified atom stereocenters. The molecule has 0 spiro atoms. The Kier molecular flexibility index (Phi) is 5.56. The molecule has 2 aromatic carbocycles. The van der Waals surface area contributed by atoms with Crippen molar-refractivity contribution < 1.29 is 9.59 Å². The fraction of sp³-hybridized carbons (Fsp3) is 0.364. The average Bonchev–Trinajstić information content (AvgIpc) is 2.58. The minimum Gasteiger partial charge on any atom is -0.328 e. The first-order chi connectivity index (χ1) is 12.8. The van der Waals surface area contributed by atoms with Crippen LogP contribution in [-0.4, -0.2) is 28.8 Å². The maximum absolute atomic E-state index is 12.8. The summed E-state index contributed by atoms with van der Waals surface area (Å²) in [6.07, 6.45) is 0.955. The predicted octanol–water partition coefficient (Wildman–Crippen LogP) is 3.82. The van der Waals surface area contributed by atoms with Gasteiger partial charge in [0.1, 0.15) is 5.54 Å². The zero-order valence-corrected chi connectivity index (χ0v) is 16.7. The van der Waals surface area contributed by atoms with Crippen molar-refractivity contribution in [3.63, 3.8) is 0 Å². The van der Waals surface area contributed by atoms with Gasteiger partial charge in [-0.25, -0.2) is 5.32 Å². The highest BCUT2D eigenvalue weighted by molar-refractivity contribution is 6.30. The fourth-order valence-electron chi connectivity index (χ4n) is 3.55. The first kappa shape index (κ1) is 19.4. The van der Waals surface area contributed by atoms with Crippen molar-refractivity contribution in [2.75, 3.05) is 6.54 Å². The van der Waals surface area contributed by atoms with E-state index in [1.165, 1.54) is 0 Å². The van der Waals surface area contributed by atoms with Crippen LogP contribution in [0.1, 0.15) is 35.6 Å². The largest absolute Gasteiger partial charge is 0.328 e. The van der Waals surface area contributed by atoms with Crippen molar-refractivity contribution in [3.8, 4) is 0 Å². The molecule has 27 heavy (non-hydrogen) atoms. The molecule has 0 saturated carbocycles. The van der Waals surface area contributed by atoms with E-state index in [1.807, 2.05) is 45.0 Å². The van der Waals surface area contributed by atoms with Gasteiger partial charge >= 0.3 is 0 Å². The van der Waals surface area contributed by atoms with E-state index in [1.54, 1.807) is 17.0 Å². The number of aryl methyl sites for hydroxylation is 2. The summed E-state index contributed by atoms with van der Waals surface area (Å²) in [5.74, 6) is -0.263. The number of carbonyl (C=O) groups is 2. The average molecular weight is 384 g/mol. The smallest absolute Gasteiger partial charge is 0.267 e. The highest BCUT2D eigenvalue weighted by Gasteiger charge is 2.49. The van der Waals surface area contributed by atoms with Gasteiger partial charge in [-0.3, -0.25) is 9.59 Å². The summed E-state index contributed by atoms with van der Waals surface area (Å²) in [6, 6.07) is 13.4. The van der Waals surface area contributed by atoms with Crippen LogP contribution >= 0.6 is 11.6 Å². The third-order valence-corrected chi connectivity index (χ3v) is 5.39. The normalized spacial score (nSPS) is 18.7. The van der Waals surface area contributed by atoms with Gasteiger partial charge in [-0.2, -0.15) is 0 Å². The molecule has 141 valence electrons. The number of nitrogens with zero attached hydrogens (tertiary/aromatic N) is 2. The van der Waals surface area contributed by atoms with Crippen LogP contribution in [0.2, 0.25) is 5.02 Å². The van der Waals surface area contributed by atoms with Gasteiger partial charge in [0.25, 0.3) is 5.91 Å². The Labute approximate surface area is 165 Å². The zero-order chi connectivity index (χ0) is 19.6. The lowest BCUT2D eigenvalue weighted by molar-refractivity contribution is -0.157. The molecule has 1 heterocycles. The molecule has 0 aromatic heterocycles. The minimum atomic E-state index is -0.831. The molecule has 2 aromatic rings. The standard InChI is InChI=1S/C22H24ClN2O2/c1-15-10-16(2)12-18(11-15)13-20(26)25-9-8-22(25,3)21(27)24-14-17-4-6-19(23)7-5-17/h4-7,10-12H,8-9,13-14H2,1-3H3. The van der Waals surface area contributed by atoms with Gasteiger partial charge in [-0.15, -0.1) is 0 Å². The molecule has 1 atom stereocenters. The van der Waals surface area contributed by atoms with Crippen molar-refractivity contribution in [3.05, 3.63) is 69.7 Å². The second-order valence-electron chi connectivity index (χ2n) is 7.49. The maximum Gasteiger partial charge on any atom is 0.267 e. The third kappa shape index (κ3) is 4.33. The van der Waals surface area contributed by atoms with Crippen molar-refractivity contribution >= 4 is 23.4 Å². The predicted molar refractivity (Wildman–Crippen MR) is 107 cm³/mol. The summed E-state index contributed by atoms with van der Waals surface area (Å²) in [6.45, 7) is 6.75. The highest BCUT2D eigenvalue weighted by Crippen LogP contribution is 2.32. The van der Waals surface area contributed by atoms with Crippen LogP contribution in [-0.2, 0) is 22.6 Å². The Morgan fingerprint density at radius 3 is 2.26 bits per heavy atom. The van der Waals surface area contributed by atoms with Crippen LogP contribution in [0.5, 0.6) is 0 Å². The molecule has 1 radical (unpaired) electrons. The lowest BCUT2D eigenvalue weighted by Gasteiger charge is -2.48. The SMILES string of the molecule is Cc1cc(C)cc(CC(=O)N2CCC2(C)C(=O)[N]Cc2ccc(Cl)cc2)c1. The van der Waals surface area contributed by atoms with Gasteiger partial charge in [0, 0.05) is 11.6 Å². The Hall–Kier alpha value is -2.33. The van der Waals surface area contributed by atoms with E-state index in [2.05, 4.69) is 11.4 Å². The molecule has 0 bridgehead atoms. The van der Waals surface area contributed by atoms with Crippen LogP contribution in [0, 0.1) is 13.8 Å². The van der Waals surface area contributed by atoms with Crippen molar-refractivity contribution in [1.82, 2.24) is 10.2 Å². The van der Waals surface area contributed by atoms with Gasteiger partial charge in [-0.1, -0.05) is 53.1 Å². The number of hydrogen-bond donors (Lipinski definition) is 0. The van der Waals surface area contributed by atoms with E-state index in [4.69, 9.17) is 11.6 Å². The third-order valence-electron chi connectivity index (χ3n) is 5.14. The molecule has 5 heteroatoms. The minimum absolute atomic E-state index is 0.0243. The van der Waals surface area contributed by atoms with E-state index in [-0.39, 0.29) is 11.8 Å². The van der Waals surface area contributed by atoms with E-state index >= 15 is 0 Å². The second-order valence-corrected chi connectivity index (χ2v) is 7.93. The van der Waals surface area contributed by atoms with Gasteiger partial charge in [-0.05, 0) is 50.5 Å². The first-order valence-electron chi connectivity index (χ1n) is 9.12.